The maximum Gasteiger partial charge on any atom is 0.223 e. The Morgan fingerprint density at radius 2 is 1.83 bits per heavy atom. The number of piperidine rings is 1. The Hall–Kier alpha value is -1.06. The molecule has 24 heavy (non-hydrogen) atoms. The summed E-state index contributed by atoms with van der Waals surface area (Å²) in [6.45, 7) is 5.24. The fourth-order valence-electron chi connectivity index (χ4n) is 3.71. The maximum absolute atomic E-state index is 12.9. The molecule has 0 bridgehead atoms. The zero-order valence-corrected chi connectivity index (χ0v) is 15.6. The van der Waals surface area contributed by atoms with Gasteiger partial charge >= 0.3 is 0 Å². The van der Waals surface area contributed by atoms with E-state index in [0.29, 0.717) is 18.4 Å². The second-order valence-corrected chi connectivity index (χ2v) is 7.32. The molecule has 134 valence electrons. The summed E-state index contributed by atoms with van der Waals surface area (Å²) < 4.78 is 0. The lowest BCUT2D eigenvalue weighted by Gasteiger charge is -2.31. The van der Waals surface area contributed by atoms with Gasteiger partial charge in [0.1, 0.15) is 0 Å². The Labute approximate surface area is 152 Å². The molecule has 0 radical (unpaired) electrons. The van der Waals surface area contributed by atoms with Crippen LogP contribution in [0.1, 0.15) is 51.0 Å². The van der Waals surface area contributed by atoms with Crippen LogP contribution in [0, 0.1) is 11.8 Å². The van der Waals surface area contributed by atoms with E-state index in [2.05, 4.69) is 41.4 Å². The molecule has 4 heteroatoms. The summed E-state index contributed by atoms with van der Waals surface area (Å²) in [6, 6.07) is 10.8. The lowest BCUT2D eigenvalue weighted by Crippen LogP contribution is -2.39. The molecule has 1 aromatic carbocycles. The molecule has 1 N–H and O–H groups in total. The van der Waals surface area contributed by atoms with E-state index < -0.39 is 0 Å². The van der Waals surface area contributed by atoms with Gasteiger partial charge in [-0.15, -0.1) is 12.4 Å². The third-order valence-electron chi connectivity index (χ3n) is 5.54. The molecule has 1 atom stereocenters. The maximum atomic E-state index is 12.9. The highest BCUT2D eigenvalue weighted by Crippen LogP contribution is 2.36. The van der Waals surface area contributed by atoms with Crippen molar-refractivity contribution in [1.82, 2.24) is 10.2 Å². The smallest absolute Gasteiger partial charge is 0.223 e. The molecule has 1 aromatic rings. The van der Waals surface area contributed by atoms with E-state index in [1.54, 1.807) is 0 Å². The molecule has 3 nitrogen and oxygen atoms in total. The molecule has 1 aliphatic heterocycles. The van der Waals surface area contributed by atoms with E-state index in [4.69, 9.17) is 0 Å². The molecule has 1 heterocycles. The largest absolute Gasteiger partial charge is 0.335 e. The van der Waals surface area contributed by atoms with Gasteiger partial charge in [-0.25, -0.2) is 0 Å². The van der Waals surface area contributed by atoms with Gasteiger partial charge in [0.2, 0.25) is 5.91 Å². The summed E-state index contributed by atoms with van der Waals surface area (Å²) in [5.74, 6) is 1.81. The van der Waals surface area contributed by atoms with Crippen molar-refractivity contribution in [3.63, 3.8) is 0 Å². The second kappa shape index (κ2) is 9.43. The highest BCUT2D eigenvalue weighted by Gasteiger charge is 2.34. The summed E-state index contributed by atoms with van der Waals surface area (Å²) in [5, 5.41) is 3.40. The number of nitrogens with zero attached hydrogens (tertiary/aromatic N) is 1. The minimum Gasteiger partial charge on any atom is -0.335 e. The number of carbonyl (C=O) groups is 1. The van der Waals surface area contributed by atoms with Crippen molar-refractivity contribution in [2.24, 2.45) is 11.8 Å². The van der Waals surface area contributed by atoms with Crippen LogP contribution in [-0.4, -0.2) is 29.9 Å². The Kier molecular flexibility index (Phi) is 7.57. The summed E-state index contributed by atoms with van der Waals surface area (Å²) in [7, 11) is 0. The van der Waals surface area contributed by atoms with E-state index in [1.807, 2.05) is 6.07 Å². The van der Waals surface area contributed by atoms with Crippen LogP contribution in [0.5, 0.6) is 0 Å². The van der Waals surface area contributed by atoms with Crippen LogP contribution in [0.15, 0.2) is 30.3 Å². The number of rotatable bonds is 7. The first-order valence-electron chi connectivity index (χ1n) is 9.28. The minimum absolute atomic E-state index is 0. The Morgan fingerprint density at radius 1 is 1.17 bits per heavy atom. The predicted molar refractivity (Wildman–Crippen MR) is 101 cm³/mol. The van der Waals surface area contributed by atoms with Gasteiger partial charge in [-0.3, -0.25) is 4.79 Å². The molecule has 1 unspecified atom stereocenters. The predicted octanol–water partition coefficient (Wildman–Crippen LogP) is 4.02. The van der Waals surface area contributed by atoms with Gasteiger partial charge in [0.25, 0.3) is 0 Å². The van der Waals surface area contributed by atoms with E-state index >= 15 is 0 Å². The Balaban J connectivity index is 0.00000208. The number of halogens is 1. The summed E-state index contributed by atoms with van der Waals surface area (Å²) >= 11 is 0. The van der Waals surface area contributed by atoms with E-state index in [0.717, 1.165) is 37.9 Å². The average molecular weight is 351 g/mol. The quantitative estimate of drug-likeness (QED) is 0.805. The summed E-state index contributed by atoms with van der Waals surface area (Å²) in [5.41, 5.74) is 1.25. The van der Waals surface area contributed by atoms with Crippen LogP contribution in [-0.2, 0) is 11.3 Å². The van der Waals surface area contributed by atoms with Crippen molar-refractivity contribution >= 4 is 18.3 Å². The molecule has 1 aliphatic carbocycles. The monoisotopic (exact) mass is 350 g/mol. The van der Waals surface area contributed by atoms with Crippen molar-refractivity contribution in [2.45, 2.75) is 58.0 Å². The zero-order chi connectivity index (χ0) is 16.1. The van der Waals surface area contributed by atoms with Gasteiger partial charge in [0.15, 0.2) is 0 Å². The average Bonchev–Trinajstić information content (AvgIpc) is 3.44. The molecule has 2 fully saturated rings. The van der Waals surface area contributed by atoms with Gasteiger partial charge in [-0.05, 0) is 69.5 Å². The SMILES string of the molecule is CC(C1CC1)N(Cc1ccccc1)C(=O)CCC1CCNCC1.Cl. The lowest BCUT2D eigenvalue weighted by molar-refractivity contribution is -0.134. The molecule has 1 saturated heterocycles. The van der Waals surface area contributed by atoms with Crippen LogP contribution in [0.2, 0.25) is 0 Å². The standard InChI is InChI=1S/C20H30N2O.ClH/c1-16(19-8-9-19)22(15-18-5-3-2-4-6-18)20(23)10-7-17-11-13-21-14-12-17;/h2-6,16-17,19,21H,7-15H2,1H3;1H. The van der Waals surface area contributed by atoms with Crippen molar-refractivity contribution in [1.29, 1.82) is 0 Å². The topological polar surface area (TPSA) is 32.3 Å². The molecule has 1 amide bonds. The van der Waals surface area contributed by atoms with Crippen molar-refractivity contribution in [3.8, 4) is 0 Å². The normalized spacial score (nSPS) is 19.4. The molecule has 1 saturated carbocycles. The highest BCUT2D eigenvalue weighted by atomic mass is 35.5. The molecule has 0 spiro atoms. The van der Waals surface area contributed by atoms with Crippen molar-refractivity contribution < 1.29 is 4.79 Å². The fourth-order valence-corrected chi connectivity index (χ4v) is 3.71. The first-order chi connectivity index (χ1) is 11.2. The van der Waals surface area contributed by atoms with Crippen LogP contribution in [0.4, 0.5) is 0 Å². The minimum atomic E-state index is 0. The number of benzene rings is 1. The summed E-state index contributed by atoms with van der Waals surface area (Å²) in [4.78, 5) is 15.0. The van der Waals surface area contributed by atoms with E-state index in [9.17, 15) is 4.79 Å². The molecule has 3 rings (SSSR count). The van der Waals surface area contributed by atoms with Gasteiger partial charge in [-0.1, -0.05) is 30.3 Å². The summed E-state index contributed by atoms with van der Waals surface area (Å²) in [6.07, 6.45) is 6.80. The van der Waals surface area contributed by atoms with Crippen LogP contribution in [0.25, 0.3) is 0 Å². The molecule has 2 aliphatic rings. The lowest BCUT2D eigenvalue weighted by atomic mass is 9.93. The third kappa shape index (κ3) is 5.49. The Morgan fingerprint density at radius 3 is 2.46 bits per heavy atom. The van der Waals surface area contributed by atoms with Gasteiger partial charge in [-0.2, -0.15) is 0 Å². The Bertz CT molecular complexity index is 498. The molecular weight excluding hydrogens is 320 g/mol. The third-order valence-corrected chi connectivity index (χ3v) is 5.54. The second-order valence-electron chi connectivity index (χ2n) is 7.32. The first kappa shape index (κ1) is 19.3. The fraction of sp³-hybridized carbons (Fsp3) is 0.650. The number of hydrogen-bond acceptors (Lipinski definition) is 2. The number of nitrogens with one attached hydrogen (secondary N) is 1. The number of hydrogen-bond donors (Lipinski definition) is 1. The number of carbonyl (C=O) groups excluding carboxylic acids is 1. The van der Waals surface area contributed by atoms with Gasteiger partial charge in [0.05, 0.1) is 0 Å². The van der Waals surface area contributed by atoms with Crippen molar-refractivity contribution in [3.05, 3.63) is 35.9 Å². The van der Waals surface area contributed by atoms with E-state index in [-0.39, 0.29) is 12.4 Å². The van der Waals surface area contributed by atoms with Gasteiger partial charge < -0.3 is 10.2 Å². The highest BCUT2D eigenvalue weighted by molar-refractivity contribution is 5.85. The number of amides is 1. The zero-order valence-electron chi connectivity index (χ0n) is 14.7. The van der Waals surface area contributed by atoms with Gasteiger partial charge in [0, 0.05) is 19.0 Å². The van der Waals surface area contributed by atoms with Crippen LogP contribution in [0.3, 0.4) is 0 Å². The molecular formula is C20H31ClN2O. The van der Waals surface area contributed by atoms with E-state index in [1.165, 1.54) is 31.2 Å². The molecule has 0 aromatic heterocycles. The van der Waals surface area contributed by atoms with Crippen LogP contribution < -0.4 is 5.32 Å². The van der Waals surface area contributed by atoms with Crippen LogP contribution >= 0.6 is 12.4 Å². The first-order valence-corrected chi connectivity index (χ1v) is 9.28. The van der Waals surface area contributed by atoms with Crippen molar-refractivity contribution in [2.75, 3.05) is 13.1 Å².